The maximum absolute atomic E-state index is 12.3. The van der Waals surface area contributed by atoms with Gasteiger partial charge in [-0.25, -0.2) is 0 Å². The second kappa shape index (κ2) is 6.30. The zero-order chi connectivity index (χ0) is 15.6. The Morgan fingerprint density at radius 3 is 2.67 bits per heavy atom. The van der Waals surface area contributed by atoms with Gasteiger partial charge in [-0.05, 0) is 54.9 Å². The number of aromatic nitrogens is 1. The largest absolute Gasteiger partial charge is 0.496 e. The van der Waals surface area contributed by atoms with Crippen LogP contribution in [0.25, 0.3) is 0 Å². The summed E-state index contributed by atoms with van der Waals surface area (Å²) in [5.74, 6) is 1.24. The molecule has 5 nitrogen and oxygen atoms in total. The Morgan fingerprint density at radius 2 is 2.14 bits per heavy atom. The lowest BCUT2D eigenvalue weighted by Crippen LogP contribution is -2.27. The number of carbonyl (C=O) groups is 1. The van der Waals surface area contributed by atoms with Crippen molar-refractivity contribution in [2.75, 3.05) is 7.11 Å². The van der Waals surface area contributed by atoms with Crippen molar-refractivity contribution in [3.63, 3.8) is 0 Å². The molecule has 0 radical (unpaired) electrons. The molecule has 2 aromatic rings. The van der Waals surface area contributed by atoms with Gasteiger partial charge in [-0.3, -0.25) is 4.79 Å². The number of aryl methyl sites for hydroxylation is 2. The molecule has 1 aromatic heterocycles. The van der Waals surface area contributed by atoms with E-state index in [4.69, 9.17) is 9.26 Å². The van der Waals surface area contributed by atoms with Gasteiger partial charge in [0.2, 0.25) is 0 Å². The van der Waals surface area contributed by atoms with Gasteiger partial charge in [0.15, 0.2) is 0 Å². The Bertz CT molecular complexity index is 647. The molecule has 1 aromatic carbocycles. The fourth-order valence-corrected chi connectivity index (χ4v) is 2.81. The fraction of sp³-hybridized carbons (Fsp3) is 0.333. The average molecular weight is 353 g/mol. The molecule has 0 saturated carbocycles. The van der Waals surface area contributed by atoms with E-state index in [9.17, 15) is 4.79 Å². The Labute approximate surface area is 131 Å². The first-order chi connectivity index (χ1) is 9.93. The fourth-order valence-electron chi connectivity index (χ4n) is 2.27. The van der Waals surface area contributed by atoms with Gasteiger partial charge in [-0.1, -0.05) is 5.16 Å². The Morgan fingerprint density at radius 1 is 1.43 bits per heavy atom. The van der Waals surface area contributed by atoms with E-state index in [0.29, 0.717) is 11.3 Å². The van der Waals surface area contributed by atoms with Crippen molar-refractivity contribution in [3.05, 3.63) is 45.3 Å². The van der Waals surface area contributed by atoms with Gasteiger partial charge in [-0.2, -0.15) is 0 Å². The van der Waals surface area contributed by atoms with E-state index in [-0.39, 0.29) is 11.9 Å². The van der Waals surface area contributed by atoms with Crippen LogP contribution in [-0.2, 0) is 0 Å². The van der Waals surface area contributed by atoms with E-state index < -0.39 is 0 Å². The third-order valence-electron chi connectivity index (χ3n) is 3.28. The van der Waals surface area contributed by atoms with Crippen LogP contribution in [0.4, 0.5) is 0 Å². The molecular formula is C15H17BrN2O3. The summed E-state index contributed by atoms with van der Waals surface area (Å²) in [4.78, 5) is 12.3. The van der Waals surface area contributed by atoms with Crippen LogP contribution in [0.3, 0.4) is 0 Å². The summed E-state index contributed by atoms with van der Waals surface area (Å²) in [5.41, 5.74) is 2.26. The summed E-state index contributed by atoms with van der Waals surface area (Å²) in [6.07, 6.45) is 0. The minimum Gasteiger partial charge on any atom is -0.496 e. The number of hydrogen-bond acceptors (Lipinski definition) is 4. The molecule has 6 heteroatoms. The third-order valence-corrected chi connectivity index (χ3v) is 3.90. The number of nitrogens with zero attached hydrogens (tertiary/aromatic N) is 1. The quantitative estimate of drug-likeness (QED) is 0.913. The van der Waals surface area contributed by atoms with E-state index in [2.05, 4.69) is 26.4 Å². The summed E-state index contributed by atoms with van der Waals surface area (Å²) >= 11 is 3.37. The number of rotatable bonds is 4. The van der Waals surface area contributed by atoms with Crippen molar-refractivity contribution in [2.24, 2.45) is 0 Å². The molecule has 1 unspecified atom stereocenters. The van der Waals surface area contributed by atoms with Crippen molar-refractivity contribution in [2.45, 2.75) is 26.8 Å². The van der Waals surface area contributed by atoms with Gasteiger partial charge in [0, 0.05) is 11.1 Å². The molecule has 1 amide bonds. The maximum atomic E-state index is 12.3. The average Bonchev–Trinajstić information content (AvgIpc) is 2.77. The first-order valence-electron chi connectivity index (χ1n) is 6.51. The monoisotopic (exact) mass is 352 g/mol. The summed E-state index contributed by atoms with van der Waals surface area (Å²) in [6.45, 7) is 5.60. The molecular weight excluding hydrogens is 336 g/mol. The van der Waals surface area contributed by atoms with Crippen molar-refractivity contribution in [3.8, 4) is 5.75 Å². The summed E-state index contributed by atoms with van der Waals surface area (Å²) in [6, 6.07) is 5.02. The molecule has 0 spiro atoms. The number of carbonyl (C=O) groups excluding carboxylic acids is 1. The molecule has 1 atom stereocenters. The first kappa shape index (κ1) is 15.6. The number of hydrogen-bond donors (Lipinski definition) is 1. The summed E-state index contributed by atoms with van der Waals surface area (Å²) < 4.78 is 11.0. The molecule has 0 bridgehead atoms. The highest BCUT2D eigenvalue weighted by molar-refractivity contribution is 9.10. The molecule has 0 aliphatic carbocycles. The Hall–Kier alpha value is -1.82. The second-order valence-corrected chi connectivity index (χ2v) is 5.64. The van der Waals surface area contributed by atoms with Crippen LogP contribution >= 0.6 is 15.9 Å². The van der Waals surface area contributed by atoms with Gasteiger partial charge in [0.1, 0.15) is 11.5 Å². The molecule has 0 aliphatic heterocycles. The minimum absolute atomic E-state index is 0.161. The third kappa shape index (κ3) is 3.26. The number of ether oxygens (including phenoxy) is 1. The van der Waals surface area contributed by atoms with Gasteiger partial charge in [0.25, 0.3) is 5.91 Å². The Balaban J connectivity index is 2.16. The molecule has 1 N–H and O–H groups in total. The zero-order valence-electron chi connectivity index (χ0n) is 12.4. The van der Waals surface area contributed by atoms with Crippen molar-refractivity contribution in [1.29, 1.82) is 0 Å². The van der Waals surface area contributed by atoms with E-state index in [0.717, 1.165) is 21.5 Å². The number of amides is 1. The Kier molecular flexibility index (Phi) is 4.67. The van der Waals surface area contributed by atoms with E-state index in [1.165, 1.54) is 0 Å². The predicted octanol–water partition coefficient (Wildman–Crippen LogP) is 3.55. The summed E-state index contributed by atoms with van der Waals surface area (Å²) in [7, 11) is 1.58. The molecule has 0 aliphatic rings. The molecule has 1 heterocycles. The van der Waals surface area contributed by atoms with Gasteiger partial charge in [-0.15, -0.1) is 0 Å². The van der Waals surface area contributed by atoms with Crippen LogP contribution in [-0.4, -0.2) is 18.2 Å². The molecule has 21 heavy (non-hydrogen) atoms. The maximum Gasteiger partial charge on any atom is 0.251 e. The van der Waals surface area contributed by atoms with Crippen LogP contribution < -0.4 is 10.1 Å². The molecule has 0 fully saturated rings. The van der Waals surface area contributed by atoms with Gasteiger partial charge in [0.05, 0.1) is 23.3 Å². The number of nitrogens with one attached hydrogen (secondary N) is 1. The smallest absolute Gasteiger partial charge is 0.251 e. The van der Waals surface area contributed by atoms with Crippen molar-refractivity contribution < 1.29 is 14.1 Å². The van der Waals surface area contributed by atoms with Crippen LogP contribution in [0.1, 0.15) is 40.3 Å². The van der Waals surface area contributed by atoms with Gasteiger partial charge >= 0.3 is 0 Å². The first-order valence-corrected chi connectivity index (χ1v) is 7.30. The predicted molar refractivity (Wildman–Crippen MR) is 82.6 cm³/mol. The normalized spacial score (nSPS) is 12.0. The van der Waals surface area contributed by atoms with E-state index in [1.807, 2.05) is 20.8 Å². The highest BCUT2D eigenvalue weighted by Gasteiger charge is 2.19. The van der Waals surface area contributed by atoms with Crippen LogP contribution in [0.15, 0.2) is 27.2 Å². The summed E-state index contributed by atoms with van der Waals surface area (Å²) in [5, 5.41) is 6.85. The number of methoxy groups -OCH3 is 1. The highest BCUT2D eigenvalue weighted by atomic mass is 79.9. The van der Waals surface area contributed by atoms with Gasteiger partial charge < -0.3 is 14.6 Å². The van der Waals surface area contributed by atoms with E-state index >= 15 is 0 Å². The molecule has 2 rings (SSSR count). The standard InChI is InChI=1S/C15H17BrN2O3/c1-8(14-9(2)18-21-10(14)3)17-15(19)11-5-6-13(20-4)12(16)7-11/h5-8H,1-4H3,(H,17,19). The highest BCUT2D eigenvalue weighted by Crippen LogP contribution is 2.26. The molecule has 0 saturated heterocycles. The second-order valence-electron chi connectivity index (χ2n) is 4.78. The van der Waals surface area contributed by atoms with E-state index in [1.54, 1.807) is 25.3 Å². The van der Waals surface area contributed by atoms with Crippen LogP contribution in [0, 0.1) is 13.8 Å². The minimum atomic E-state index is -0.176. The lowest BCUT2D eigenvalue weighted by Gasteiger charge is -2.14. The number of benzene rings is 1. The SMILES string of the molecule is COc1ccc(C(=O)NC(C)c2c(C)noc2C)cc1Br. The molecule has 112 valence electrons. The topological polar surface area (TPSA) is 64.4 Å². The zero-order valence-corrected chi connectivity index (χ0v) is 13.9. The lowest BCUT2D eigenvalue weighted by molar-refractivity contribution is 0.0939. The number of halogens is 1. The van der Waals surface area contributed by atoms with Crippen LogP contribution in [0.2, 0.25) is 0 Å². The van der Waals surface area contributed by atoms with Crippen molar-refractivity contribution >= 4 is 21.8 Å². The van der Waals surface area contributed by atoms with Crippen LogP contribution in [0.5, 0.6) is 5.75 Å². The van der Waals surface area contributed by atoms with Crippen molar-refractivity contribution in [1.82, 2.24) is 10.5 Å². The lowest BCUT2D eigenvalue weighted by atomic mass is 10.1.